The highest BCUT2D eigenvalue weighted by molar-refractivity contribution is 7.09. The molecule has 0 aliphatic rings. The Bertz CT molecular complexity index is 301. The second-order valence-electron chi connectivity index (χ2n) is 4.22. The second-order valence-corrected chi connectivity index (χ2v) is 4.97. The van der Waals surface area contributed by atoms with Crippen molar-refractivity contribution in [1.82, 2.24) is 9.36 Å². The Labute approximate surface area is 102 Å². The average molecular weight is 243 g/mol. The van der Waals surface area contributed by atoms with Gasteiger partial charge in [0.2, 0.25) is 5.13 Å². The molecule has 0 aliphatic heterocycles. The summed E-state index contributed by atoms with van der Waals surface area (Å²) in [5.74, 6) is 1.45. The Balaban J connectivity index is 2.55. The number of aromatic nitrogens is 2. The monoisotopic (exact) mass is 243 g/mol. The van der Waals surface area contributed by atoms with Gasteiger partial charge in [-0.05, 0) is 12.3 Å². The highest BCUT2D eigenvalue weighted by Crippen LogP contribution is 2.16. The molecule has 1 N–H and O–H groups in total. The van der Waals surface area contributed by atoms with Crippen LogP contribution in [-0.4, -0.2) is 29.1 Å². The van der Waals surface area contributed by atoms with Crippen molar-refractivity contribution in [3.8, 4) is 0 Å². The zero-order valence-electron chi connectivity index (χ0n) is 10.5. The van der Waals surface area contributed by atoms with Crippen molar-refractivity contribution >= 4 is 16.7 Å². The van der Waals surface area contributed by atoms with Crippen molar-refractivity contribution in [3.63, 3.8) is 0 Å². The first-order valence-corrected chi connectivity index (χ1v) is 6.52. The van der Waals surface area contributed by atoms with E-state index >= 15 is 0 Å². The third kappa shape index (κ3) is 4.06. The van der Waals surface area contributed by atoms with Crippen molar-refractivity contribution in [2.24, 2.45) is 5.92 Å². The minimum atomic E-state index is 0.299. The van der Waals surface area contributed by atoms with Crippen LogP contribution in [0, 0.1) is 5.92 Å². The summed E-state index contributed by atoms with van der Waals surface area (Å²) in [5.41, 5.74) is 0. The molecule has 1 aromatic rings. The summed E-state index contributed by atoms with van der Waals surface area (Å²) in [6.07, 6.45) is 2.04. The van der Waals surface area contributed by atoms with E-state index < -0.39 is 0 Å². The molecule has 0 spiro atoms. The normalized spacial score (nSPS) is 13.1. The molecular formula is C11H21N3OS. The molecule has 1 rings (SSSR count). The molecule has 0 bridgehead atoms. The van der Waals surface area contributed by atoms with Crippen LogP contribution in [0.15, 0.2) is 0 Å². The van der Waals surface area contributed by atoms with E-state index in [-0.39, 0.29) is 0 Å². The summed E-state index contributed by atoms with van der Waals surface area (Å²) in [4.78, 5) is 4.45. The van der Waals surface area contributed by atoms with Crippen molar-refractivity contribution in [3.05, 3.63) is 5.82 Å². The number of nitrogens with zero attached hydrogens (tertiary/aromatic N) is 2. The molecule has 0 amide bonds. The Kier molecular flexibility index (Phi) is 5.69. The summed E-state index contributed by atoms with van der Waals surface area (Å²) in [5, 5.41) is 4.28. The molecule has 92 valence electrons. The number of methoxy groups -OCH3 is 1. The van der Waals surface area contributed by atoms with E-state index in [2.05, 4.69) is 35.4 Å². The zero-order chi connectivity index (χ0) is 12.0. The number of hydrogen-bond donors (Lipinski definition) is 1. The lowest BCUT2D eigenvalue weighted by Crippen LogP contribution is -2.30. The predicted octanol–water partition coefficient (Wildman–Crippen LogP) is 2.57. The van der Waals surface area contributed by atoms with Crippen molar-refractivity contribution in [2.75, 3.05) is 19.0 Å². The maximum Gasteiger partial charge on any atom is 0.202 e. The molecule has 0 radical (unpaired) electrons. The minimum Gasteiger partial charge on any atom is -0.383 e. The second kappa shape index (κ2) is 6.81. The lowest BCUT2D eigenvalue weighted by Gasteiger charge is -2.20. The number of anilines is 1. The van der Waals surface area contributed by atoms with Crippen LogP contribution in [-0.2, 0) is 11.2 Å². The zero-order valence-corrected chi connectivity index (χ0v) is 11.3. The van der Waals surface area contributed by atoms with Crippen LogP contribution in [0.2, 0.25) is 0 Å². The van der Waals surface area contributed by atoms with E-state index in [4.69, 9.17) is 4.74 Å². The lowest BCUT2D eigenvalue weighted by molar-refractivity contribution is 0.171. The number of nitrogens with one attached hydrogen (secondary N) is 1. The van der Waals surface area contributed by atoms with Crippen LogP contribution in [0.4, 0.5) is 5.13 Å². The Morgan fingerprint density at radius 3 is 2.75 bits per heavy atom. The fourth-order valence-electron chi connectivity index (χ4n) is 1.38. The van der Waals surface area contributed by atoms with Gasteiger partial charge in [-0.2, -0.15) is 4.37 Å². The maximum atomic E-state index is 5.19. The predicted molar refractivity (Wildman–Crippen MR) is 68.0 cm³/mol. The molecule has 5 heteroatoms. The van der Waals surface area contributed by atoms with E-state index in [0.717, 1.165) is 23.8 Å². The standard InChI is InChI=1S/C11H21N3OS/c1-5-6-10-13-11(16-14-10)12-9(7-15-4)8(2)3/h8-9H,5-7H2,1-4H3,(H,12,13,14). The number of aryl methyl sites for hydroxylation is 1. The lowest BCUT2D eigenvalue weighted by atomic mass is 10.1. The van der Waals surface area contributed by atoms with Gasteiger partial charge in [-0.1, -0.05) is 20.8 Å². The Morgan fingerprint density at radius 2 is 2.19 bits per heavy atom. The van der Waals surface area contributed by atoms with Gasteiger partial charge < -0.3 is 10.1 Å². The molecule has 0 aliphatic carbocycles. The average Bonchev–Trinajstić information content (AvgIpc) is 2.65. The SMILES string of the molecule is CCCc1nsc(NC(COC)C(C)C)n1. The topological polar surface area (TPSA) is 47.0 Å². The van der Waals surface area contributed by atoms with E-state index in [0.29, 0.717) is 18.6 Å². The molecule has 1 unspecified atom stereocenters. The van der Waals surface area contributed by atoms with Crippen LogP contribution >= 0.6 is 11.5 Å². The van der Waals surface area contributed by atoms with Crippen molar-refractivity contribution in [2.45, 2.75) is 39.7 Å². The van der Waals surface area contributed by atoms with E-state index in [9.17, 15) is 0 Å². The third-order valence-corrected chi connectivity index (χ3v) is 3.09. The third-order valence-electron chi connectivity index (χ3n) is 2.40. The van der Waals surface area contributed by atoms with Gasteiger partial charge in [-0.3, -0.25) is 0 Å². The van der Waals surface area contributed by atoms with E-state index in [1.165, 1.54) is 11.5 Å². The highest BCUT2D eigenvalue weighted by atomic mass is 32.1. The van der Waals surface area contributed by atoms with Crippen molar-refractivity contribution in [1.29, 1.82) is 0 Å². The molecule has 0 aromatic carbocycles. The first kappa shape index (κ1) is 13.4. The molecule has 0 fully saturated rings. The highest BCUT2D eigenvalue weighted by Gasteiger charge is 2.14. The van der Waals surface area contributed by atoms with Crippen LogP contribution in [0.25, 0.3) is 0 Å². The fraction of sp³-hybridized carbons (Fsp3) is 0.818. The smallest absolute Gasteiger partial charge is 0.202 e. The maximum absolute atomic E-state index is 5.19. The van der Waals surface area contributed by atoms with Crippen molar-refractivity contribution < 1.29 is 4.74 Å². The number of hydrogen-bond acceptors (Lipinski definition) is 5. The summed E-state index contributed by atoms with van der Waals surface area (Å²) in [6.45, 7) is 7.17. The summed E-state index contributed by atoms with van der Waals surface area (Å²) >= 11 is 1.43. The van der Waals surface area contributed by atoms with Gasteiger partial charge in [0, 0.05) is 25.1 Å². The molecule has 4 nitrogen and oxygen atoms in total. The number of ether oxygens (including phenoxy) is 1. The van der Waals surface area contributed by atoms with Gasteiger partial charge in [0.25, 0.3) is 0 Å². The van der Waals surface area contributed by atoms with Gasteiger partial charge in [0.15, 0.2) is 0 Å². The van der Waals surface area contributed by atoms with Gasteiger partial charge >= 0.3 is 0 Å². The summed E-state index contributed by atoms with van der Waals surface area (Å²) < 4.78 is 9.49. The van der Waals surface area contributed by atoms with Gasteiger partial charge in [0.05, 0.1) is 12.6 Å². The molecule has 1 heterocycles. The summed E-state index contributed by atoms with van der Waals surface area (Å²) in [6, 6.07) is 0.299. The van der Waals surface area contributed by atoms with Crippen LogP contribution < -0.4 is 5.32 Å². The molecule has 0 saturated heterocycles. The van der Waals surface area contributed by atoms with Gasteiger partial charge in [-0.25, -0.2) is 4.98 Å². The van der Waals surface area contributed by atoms with Gasteiger partial charge in [-0.15, -0.1) is 0 Å². The van der Waals surface area contributed by atoms with E-state index in [1.54, 1.807) is 7.11 Å². The molecule has 16 heavy (non-hydrogen) atoms. The first-order valence-electron chi connectivity index (χ1n) is 5.75. The first-order chi connectivity index (χ1) is 7.67. The van der Waals surface area contributed by atoms with Crippen LogP contribution in [0.1, 0.15) is 33.0 Å². The molecule has 1 aromatic heterocycles. The Hall–Kier alpha value is -0.680. The van der Waals surface area contributed by atoms with Crippen LogP contribution in [0.3, 0.4) is 0 Å². The minimum absolute atomic E-state index is 0.299. The van der Waals surface area contributed by atoms with Crippen LogP contribution in [0.5, 0.6) is 0 Å². The number of rotatable bonds is 7. The molecule has 1 atom stereocenters. The molecular weight excluding hydrogens is 222 g/mol. The van der Waals surface area contributed by atoms with E-state index in [1.807, 2.05) is 0 Å². The largest absolute Gasteiger partial charge is 0.383 e. The summed E-state index contributed by atoms with van der Waals surface area (Å²) in [7, 11) is 1.72. The quantitative estimate of drug-likeness (QED) is 0.799. The Morgan fingerprint density at radius 1 is 1.44 bits per heavy atom. The van der Waals surface area contributed by atoms with Gasteiger partial charge in [0.1, 0.15) is 5.82 Å². The molecule has 0 saturated carbocycles. The fourth-order valence-corrected chi connectivity index (χ4v) is 2.05.